The van der Waals surface area contributed by atoms with E-state index in [1.54, 1.807) is 6.07 Å². The van der Waals surface area contributed by atoms with Crippen molar-refractivity contribution >= 4 is 39.1 Å². The van der Waals surface area contributed by atoms with E-state index >= 15 is 0 Å². The van der Waals surface area contributed by atoms with Crippen LogP contribution in [0.25, 0.3) is 0 Å². The maximum atomic E-state index is 12.1. The summed E-state index contributed by atoms with van der Waals surface area (Å²) in [4.78, 5) is 12.1. The zero-order valence-corrected chi connectivity index (χ0v) is 16.6. The van der Waals surface area contributed by atoms with Gasteiger partial charge in [0, 0.05) is 10.2 Å². The molecule has 128 valence electrons. The Kier molecular flexibility index (Phi) is 5.94. The van der Waals surface area contributed by atoms with E-state index in [9.17, 15) is 4.79 Å². The summed E-state index contributed by atoms with van der Waals surface area (Å²) in [6.07, 6.45) is 0. The Hall–Kier alpha value is -1.52. The molecule has 3 nitrogen and oxygen atoms in total. The van der Waals surface area contributed by atoms with Crippen molar-refractivity contribution in [3.05, 3.63) is 57.0 Å². The highest BCUT2D eigenvalue weighted by Gasteiger charge is 2.14. The van der Waals surface area contributed by atoms with E-state index in [1.165, 1.54) is 5.56 Å². The number of rotatable bonds is 4. The fourth-order valence-electron chi connectivity index (χ4n) is 2.26. The van der Waals surface area contributed by atoms with Crippen LogP contribution in [0.5, 0.6) is 5.75 Å². The van der Waals surface area contributed by atoms with Crippen molar-refractivity contribution in [1.29, 1.82) is 0 Å². The Morgan fingerprint density at radius 3 is 2.38 bits per heavy atom. The van der Waals surface area contributed by atoms with Crippen molar-refractivity contribution in [3.63, 3.8) is 0 Å². The Bertz CT molecular complexity index is 713. The van der Waals surface area contributed by atoms with Gasteiger partial charge in [-0.15, -0.1) is 0 Å². The molecule has 0 saturated carbocycles. The molecular weight excluding hydrogens is 390 g/mol. The smallest absolute Gasteiger partial charge is 0.262 e. The highest BCUT2D eigenvalue weighted by Crippen LogP contribution is 2.32. The summed E-state index contributed by atoms with van der Waals surface area (Å²) in [6, 6.07) is 11.5. The van der Waals surface area contributed by atoms with E-state index in [2.05, 4.69) is 42.0 Å². The average Bonchev–Trinajstić information content (AvgIpc) is 2.45. The van der Waals surface area contributed by atoms with Crippen molar-refractivity contribution in [2.45, 2.75) is 33.1 Å². The molecule has 0 heterocycles. The molecule has 0 aromatic heterocycles. The van der Waals surface area contributed by atoms with Crippen LogP contribution in [0.15, 0.2) is 40.9 Å². The first-order valence-electron chi connectivity index (χ1n) is 7.65. The molecule has 0 aliphatic carbocycles. The molecule has 1 N–H and O–H groups in total. The summed E-state index contributed by atoms with van der Waals surface area (Å²) in [5, 5.41) is 3.30. The Morgan fingerprint density at radius 2 is 1.83 bits per heavy atom. The van der Waals surface area contributed by atoms with Crippen LogP contribution in [0.4, 0.5) is 5.69 Å². The topological polar surface area (TPSA) is 38.3 Å². The molecule has 5 heteroatoms. The van der Waals surface area contributed by atoms with Gasteiger partial charge in [-0.25, -0.2) is 0 Å². The number of carbonyl (C=O) groups is 1. The van der Waals surface area contributed by atoms with Crippen LogP contribution in [0.3, 0.4) is 0 Å². The van der Waals surface area contributed by atoms with E-state index in [1.807, 2.05) is 37.3 Å². The molecule has 0 unspecified atom stereocenters. The van der Waals surface area contributed by atoms with Crippen LogP contribution < -0.4 is 10.1 Å². The Balaban J connectivity index is 1.97. The first-order valence-corrected chi connectivity index (χ1v) is 8.83. The number of halogens is 2. The minimum atomic E-state index is -0.225. The minimum Gasteiger partial charge on any atom is -0.482 e. The monoisotopic (exact) mass is 409 g/mol. The van der Waals surface area contributed by atoms with Gasteiger partial charge in [0.15, 0.2) is 6.61 Å². The number of carbonyl (C=O) groups excluding carboxylic acids is 1. The van der Waals surface area contributed by atoms with Crippen LogP contribution in [0.1, 0.15) is 31.9 Å². The lowest BCUT2D eigenvalue weighted by Crippen LogP contribution is -2.20. The molecule has 2 rings (SSSR count). The van der Waals surface area contributed by atoms with E-state index in [-0.39, 0.29) is 17.9 Å². The van der Waals surface area contributed by atoms with E-state index < -0.39 is 0 Å². The SMILES string of the molecule is Cc1cc(Br)cc(Cl)c1OCC(=O)Nc1ccc(C(C)(C)C)cc1. The standard InChI is InChI=1S/C19H21BrClNO2/c1-12-9-14(20)10-16(21)18(12)24-11-17(23)22-15-7-5-13(6-8-15)19(2,3)4/h5-10H,11H2,1-4H3,(H,22,23). The Morgan fingerprint density at radius 1 is 1.21 bits per heavy atom. The molecule has 0 fully saturated rings. The number of nitrogens with one attached hydrogen (secondary N) is 1. The summed E-state index contributed by atoms with van der Waals surface area (Å²) < 4.78 is 6.45. The predicted molar refractivity (Wildman–Crippen MR) is 103 cm³/mol. The van der Waals surface area contributed by atoms with Gasteiger partial charge in [0.05, 0.1) is 5.02 Å². The van der Waals surface area contributed by atoms with Crippen molar-refractivity contribution in [2.75, 3.05) is 11.9 Å². The van der Waals surface area contributed by atoms with Crippen LogP contribution in [-0.2, 0) is 10.2 Å². The summed E-state index contributed by atoms with van der Waals surface area (Å²) in [5.41, 5.74) is 2.92. The summed E-state index contributed by atoms with van der Waals surface area (Å²) in [5.74, 6) is 0.301. The molecule has 0 aliphatic rings. The second-order valence-electron chi connectivity index (χ2n) is 6.70. The third kappa shape index (κ3) is 4.99. The molecule has 0 radical (unpaired) electrons. The fourth-order valence-corrected chi connectivity index (χ4v) is 3.29. The van der Waals surface area contributed by atoms with Gasteiger partial charge in [-0.05, 0) is 47.7 Å². The van der Waals surface area contributed by atoms with Crippen LogP contribution in [-0.4, -0.2) is 12.5 Å². The molecular formula is C19H21BrClNO2. The zero-order chi connectivity index (χ0) is 17.9. The van der Waals surface area contributed by atoms with Crippen molar-refractivity contribution in [2.24, 2.45) is 0 Å². The predicted octanol–water partition coefficient (Wildman–Crippen LogP) is 5.73. The number of hydrogen-bond donors (Lipinski definition) is 1. The van der Waals surface area contributed by atoms with Gasteiger partial charge in [0.1, 0.15) is 5.75 Å². The van der Waals surface area contributed by atoms with Crippen molar-refractivity contribution < 1.29 is 9.53 Å². The van der Waals surface area contributed by atoms with Crippen LogP contribution in [0, 0.1) is 6.92 Å². The lowest BCUT2D eigenvalue weighted by molar-refractivity contribution is -0.118. The summed E-state index contributed by atoms with van der Waals surface area (Å²) >= 11 is 9.52. The molecule has 2 aromatic carbocycles. The van der Waals surface area contributed by atoms with E-state index in [4.69, 9.17) is 16.3 Å². The normalized spacial score (nSPS) is 11.2. The number of hydrogen-bond acceptors (Lipinski definition) is 2. The number of aryl methyl sites for hydroxylation is 1. The van der Waals surface area contributed by atoms with Crippen molar-refractivity contribution in [3.8, 4) is 5.75 Å². The molecule has 24 heavy (non-hydrogen) atoms. The van der Waals surface area contributed by atoms with Gasteiger partial charge in [0.25, 0.3) is 5.91 Å². The molecule has 0 saturated heterocycles. The van der Waals surface area contributed by atoms with Gasteiger partial charge >= 0.3 is 0 Å². The van der Waals surface area contributed by atoms with Gasteiger partial charge in [-0.3, -0.25) is 4.79 Å². The number of amides is 1. The fraction of sp³-hybridized carbons (Fsp3) is 0.316. The number of benzene rings is 2. The maximum Gasteiger partial charge on any atom is 0.262 e. The quantitative estimate of drug-likeness (QED) is 0.699. The first kappa shape index (κ1) is 18.8. The van der Waals surface area contributed by atoms with Gasteiger partial charge in [-0.1, -0.05) is 60.4 Å². The highest BCUT2D eigenvalue weighted by molar-refractivity contribution is 9.10. The van der Waals surface area contributed by atoms with Gasteiger partial charge < -0.3 is 10.1 Å². The molecule has 2 aromatic rings. The number of ether oxygens (including phenoxy) is 1. The molecule has 0 atom stereocenters. The minimum absolute atomic E-state index is 0.0848. The highest BCUT2D eigenvalue weighted by atomic mass is 79.9. The second kappa shape index (κ2) is 7.58. The van der Waals surface area contributed by atoms with E-state index in [0.29, 0.717) is 10.8 Å². The molecule has 0 spiro atoms. The maximum absolute atomic E-state index is 12.1. The third-order valence-corrected chi connectivity index (χ3v) is 4.31. The summed E-state index contributed by atoms with van der Waals surface area (Å²) in [7, 11) is 0. The molecule has 0 aliphatic heterocycles. The van der Waals surface area contributed by atoms with Gasteiger partial charge in [0.2, 0.25) is 0 Å². The molecule has 1 amide bonds. The first-order chi connectivity index (χ1) is 11.2. The molecule has 0 bridgehead atoms. The number of anilines is 1. The van der Waals surface area contributed by atoms with Gasteiger partial charge in [-0.2, -0.15) is 0 Å². The zero-order valence-electron chi connectivity index (χ0n) is 14.2. The third-order valence-electron chi connectivity index (χ3n) is 3.58. The average molecular weight is 411 g/mol. The Labute approximate surface area is 156 Å². The summed E-state index contributed by atoms with van der Waals surface area (Å²) in [6.45, 7) is 8.24. The second-order valence-corrected chi connectivity index (χ2v) is 8.02. The van der Waals surface area contributed by atoms with Crippen LogP contribution in [0.2, 0.25) is 5.02 Å². The lowest BCUT2D eigenvalue weighted by Gasteiger charge is -2.19. The largest absolute Gasteiger partial charge is 0.482 e. The lowest BCUT2D eigenvalue weighted by atomic mass is 9.87. The van der Waals surface area contributed by atoms with Crippen LogP contribution >= 0.6 is 27.5 Å². The van der Waals surface area contributed by atoms with E-state index in [0.717, 1.165) is 15.7 Å². The van der Waals surface area contributed by atoms with Crippen molar-refractivity contribution in [1.82, 2.24) is 0 Å².